The number of para-hydroxylation sites is 1. The molecule has 7 heteroatoms. The predicted molar refractivity (Wildman–Crippen MR) is 119 cm³/mol. The van der Waals surface area contributed by atoms with Gasteiger partial charge in [0.25, 0.3) is 5.91 Å². The number of nitrogens with zero attached hydrogens (tertiary/aromatic N) is 3. The summed E-state index contributed by atoms with van der Waals surface area (Å²) >= 11 is 1.38. The van der Waals surface area contributed by atoms with Crippen molar-refractivity contribution in [2.75, 3.05) is 26.7 Å². The molecule has 6 nitrogen and oxygen atoms in total. The second kappa shape index (κ2) is 9.36. The van der Waals surface area contributed by atoms with E-state index in [1.165, 1.54) is 24.2 Å². The summed E-state index contributed by atoms with van der Waals surface area (Å²) < 4.78 is 5.59. The lowest BCUT2D eigenvalue weighted by Crippen LogP contribution is -2.37. The van der Waals surface area contributed by atoms with Gasteiger partial charge in [0.2, 0.25) is 0 Å². The van der Waals surface area contributed by atoms with E-state index in [1.807, 2.05) is 43.3 Å². The largest absolute Gasteiger partial charge is 0.496 e. The molecule has 0 aliphatic carbocycles. The number of hydrogen-bond donors (Lipinski definition) is 1. The van der Waals surface area contributed by atoms with Gasteiger partial charge in [-0.1, -0.05) is 24.3 Å². The number of pyridine rings is 1. The summed E-state index contributed by atoms with van der Waals surface area (Å²) in [6.45, 7) is 4.45. The molecule has 1 amide bonds. The highest BCUT2D eigenvalue weighted by Crippen LogP contribution is 2.32. The first-order valence-electron chi connectivity index (χ1n) is 10.2. The molecule has 4 rings (SSSR count). The first-order chi connectivity index (χ1) is 14.7. The van der Waals surface area contributed by atoms with E-state index in [-0.39, 0.29) is 11.9 Å². The summed E-state index contributed by atoms with van der Waals surface area (Å²) in [5, 5.41) is 3.91. The third-order valence-electron chi connectivity index (χ3n) is 5.42. The van der Waals surface area contributed by atoms with Crippen LogP contribution in [0.5, 0.6) is 5.75 Å². The molecule has 1 unspecified atom stereocenters. The van der Waals surface area contributed by atoms with Crippen molar-refractivity contribution in [1.29, 1.82) is 0 Å². The summed E-state index contributed by atoms with van der Waals surface area (Å²) in [4.78, 5) is 25.0. The lowest BCUT2D eigenvalue weighted by Gasteiger charge is -2.29. The Bertz CT molecular complexity index is 999. The number of rotatable bonds is 7. The van der Waals surface area contributed by atoms with Crippen LogP contribution in [-0.2, 0) is 0 Å². The molecule has 0 saturated carbocycles. The number of aryl methyl sites for hydroxylation is 1. The number of benzene rings is 1. The maximum absolute atomic E-state index is 13.0. The van der Waals surface area contributed by atoms with Crippen LogP contribution in [0.4, 0.5) is 0 Å². The highest BCUT2D eigenvalue weighted by Gasteiger charge is 2.27. The fourth-order valence-electron chi connectivity index (χ4n) is 3.91. The lowest BCUT2D eigenvalue weighted by atomic mass is 10.0. The Morgan fingerprint density at radius 1 is 1.20 bits per heavy atom. The van der Waals surface area contributed by atoms with Crippen LogP contribution in [0, 0.1) is 6.92 Å². The van der Waals surface area contributed by atoms with Crippen LogP contribution in [-0.4, -0.2) is 47.5 Å². The second-order valence-corrected chi connectivity index (χ2v) is 8.36. The summed E-state index contributed by atoms with van der Waals surface area (Å²) in [6, 6.07) is 13.8. The first-order valence-corrected chi connectivity index (χ1v) is 11.0. The topological polar surface area (TPSA) is 67.3 Å². The molecule has 3 aromatic rings. The van der Waals surface area contributed by atoms with Crippen molar-refractivity contribution >= 4 is 17.2 Å². The average molecular weight is 423 g/mol. The van der Waals surface area contributed by atoms with Crippen LogP contribution in [0.15, 0.2) is 48.7 Å². The van der Waals surface area contributed by atoms with E-state index in [0.717, 1.165) is 40.8 Å². The van der Waals surface area contributed by atoms with E-state index in [9.17, 15) is 4.79 Å². The average Bonchev–Trinajstić information content (AvgIpc) is 3.45. The highest BCUT2D eigenvalue weighted by atomic mass is 32.1. The summed E-state index contributed by atoms with van der Waals surface area (Å²) in [6.07, 6.45) is 4.10. The van der Waals surface area contributed by atoms with E-state index in [1.54, 1.807) is 13.3 Å². The van der Waals surface area contributed by atoms with Gasteiger partial charge in [-0.15, -0.1) is 11.3 Å². The molecule has 1 saturated heterocycles. The van der Waals surface area contributed by atoms with E-state index in [2.05, 4.69) is 26.3 Å². The van der Waals surface area contributed by atoms with Crippen LogP contribution in [0.1, 0.15) is 39.8 Å². The van der Waals surface area contributed by atoms with Crippen LogP contribution < -0.4 is 10.1 Å². The van der Waals surface area contributed by atoms with Gasteiger partial charge in [0.1, 0.15) is 15.6 Å². The number of ether oxygens (including phenoxy) is 1. The van der Waals surface area contributed by atoms with Gasteiger partial charge in [-0.05, 0) is 51.1 Å². The SMILES string of the molecule is COc1ccccc1C(CNC(=O)c1sc(-c2ccccn2)nc1C)N1CCCC1. The molecule has 1 aliphatic heterocycles. The van der Waals surface area contributed by atoms with E-state index >= 15 is 0 Å². The Labute approximate surface area is 180 Å². The molecule has 3 heterocycles. The Morgan fingerprint density at radius 2 is 1.97 bits per heavy atom. The van der Waals surface area contributed by atoms with Crippen molar-refractivity contribution < 1.29 is 9.53 Å². The van der Waals surface area contributed by atoms with Gasteiger partial charge in [0.05, 0.1) is 24.5 Å². The minimum Gasteiger partial charge on any atom is -0.496 e. The van der Waals surface area contributed by atoms with Crippen molar-refractivity contribution in [3.8, 4) is 16.5 Å². The Kier molecular flexibility index (Phi) is 6.40. The number of carbonyl (C=O) groups is 1. The van der Waals surface area contributed by atoms with Gasteiger partial charge in [-0.2, -0.15) is 0 Å². The Hall–Kier alpha value is -2.77. The minimum absolute atomic E-state index is 0.0797. The first kappa shape index (κ1) is 20.5. The zero-order valence-electron chi connectivity index (χ0n) is 17.3. The fourth-order valence-corrected chi connectivity index (χ4v) is 4.87. The summed E-state index contributed by atoms with van der Waals surface area (Å²) in [5.41, 5.74) is 2.62. The molecular formula is C23H26N4O2S. The number of amides is 1. The zero-order valence-corrected chi connectivity index (χ0v) is 18.1. The second-order valence-electron chi connectivity index (χ2n) is 7.36. The van der Waals surface area contributed by atoms with Gasteiger partial charge in [0, 0.05) is 18.3 Å². The van der Waals surface area contributed by atoms with Gasteiger partial charge in [0.15, 0.2) is 0 Å². The Balaban J connectivity index is 1.52. The molecule has 1 aromatic carbocycles. The van der Waals surface area contributed by atoms with Gasteiger partial charge >= 0.3 is 0 Å². The number of methoxy groups -OCH3 is 1. The molecule has 0 radical (unpaired) electrons. The molecule has 1 fully saturated rings. The van der Waals surface area contributed by atoms with Crippen LogP contribution in [0.3, 0.4) is 0 Å². The Morgan fingerprint density at radius 3 is 2.70 bits per heavy atom. The molecule has 1 aliphatic rings. The van der Waals surface area contributed by atoms with E-state index in [0.29, 0.717) is 11.4 Å². The smallest absolute Gasteiger partial charge is 0.263 e. The third-order valence-corrected chi connectivity index (χ3v) is 6.60. The van der Waals surface area contributed by atoms with E-state index in [4.69, 9.17) is 4.74 Å². The molecular weight excluding hydrogens is 396 g/mol. The quantitative estimate of drug-likeness (QED) is 0.621. The molecule has 0 bridgehead atoms. The number of likely N-dealkylation sites (tertiary alicyclic amines) is 1. The van der Waals surface area contributed by atoms with Crippen molar-refractivity contribution in [1.82, 2.24) is 20.2 Å². The zero-order chi connectivity index (χ0) is 20.9. The molecule has 2 aromatic heterocycles. The van der Waals surface area contributed by atoms with Crippen molar-refractivity contribution in [3.63, 3.8) is 0 Å². The molecule has 30 heavy (non-hydrogen) atoms. The molecule has 1 N–H and O–H groups in total. The number of aromatic nitrogens is 2. The van der Waals surface area contributed by atoms with Crippen LogP contribution in [0.2, 0.25) is 0 Å². The highest BCUT2D eigenvalue weighted by molar-refractivity contribution is 7.17. The normalized spacial score (nSPS) is 15.1. The van der Waals surface area contributed by atoms with Crippen LogP contribution >= 0.6 is 11.3 Å². The number of thiazole rings is 1. The lowest BCUT2D eigenvalue weighted by molar-refractivity contribution is 0.0940. The predicted octanol–water partition coefficient (Wildman–Crippen LogP) is 4.09. The summed E-state index contributed by atoms with van der Waals surface area (Å²) in [5.74, 6) is 0.765. The van der Waals surface area contributed by atoms with Gasteiger partial charge in [-0.3, -0.25) is 14.7 Å². The number of hydrogen-bond acceptors (Lipinski definition) is 6. The third kappa shape index (κ3) is 4.37. The van der Waals surface area contributed by atoms with Crippen LogP contribution in [0.25, 0.3) is 10.7 Å². The molecule has 1 atom stereocenters. The van der Waals surface area contributed by atoms with Gasteiger partial charge < -0.3 is 10.1 Å². The van der Waals surface area contributed by atoms with E-state index < -0.39 is 0 Å². The van der Waals surface area contributed by atoms with Crippen molar-refractivity contribution in [3.05, 3.63) is 64.8 Å². The molecule has 0 spiro atoms. The molecule has 156 valence electrons. The monoisotopic (exact) mass is 422 g/mol. The number of carbonyl (C=O) groups excluding carboxylic acids is 1. The van der Waals surface area contributed by atoms with Crippen molar-refractivity contribution in [2.24, 2.45) is 0 Å². The van der Waals surface area contributed by atoms with Crippen molar-refractivity contribution in [2.45, 2.75) is 25.8 Å². The maximum Gasteiger partial charge on any atom is 0.263 e. The fraction of sp³-hybridized carbons (Fsp3) is 0.348. The standard InChI is InChI=1S/C23H26N4O2S/c1-16-21(30-23(26-16)18-10-5-6-12-24-18)22(28)25-15-19(27-13-7-8-14-27)17-9-3-4-11-20(17)29-2/h3-6,9-12,19H,7-8,13-15H2,1-2H3,(H,25,28). The number of nitrogens with one attached hydrogen (secondary N) is 1. The maximum atomic E-state index is 13.0. The minimum atomic E-state index is -0.0914. The van der Waals surface area contributed by atoms with Gasteiger partial charge in [-0.25, -0.2) is 4.98 Å². The summed E-state index contributed by atoms with van der Waals surface area (Å²) in [7, 11) is 1.69.